The van der Waals surface area contributed by atoms with Gasteiger partial charge in [-0.05, 0) is 49.4 Å². The van der Waals surface area contributed by atoms with Crippen LogP contribution in [0.3, 0.4) is 0 Å². The number of carbonyl (C=O) groups excluding carboxylic acids is 2. The van der Waals surface area contributed by atoms with Crippen molar-refractivity contribution in [3.63, 3.8) is 0 Å². The van der Waals surface area contributed by atoms with E-state index < -0.39 is 5.97 Å². The molecule has 0 saturated heterocycles. The fraction of sp³-hybridized carbons (Fsp3) is 0.154. The van der Waals surface area contributed by atoms with Gasteiger partial charge in [-0.2, -0.15) is 0 Å². The number of esters is 1. The zero-order valence-electron chi connectivity index (χ0n) is 19.3. The first-order valence-corrected chi connectivity index (χ1v) is 12.8. The second kappa shape index (κ2) is 11.7. The average molecular weight is 505 g/mol. The van der Waals surface area contributed by atoms with Gasteiger partial charge in [-0.1, -0.05) is 53.7 Å². The van der Waals surface area contributed by atoms with E-state index in [1.165, 1.54) is 24.4 Å². The fourth-order valence-electron chi connectivity index (χ4n) is 3.28. The van der Waals surface area contributed by atoms with E-state index in [0.29, 0.717) is 22.2 Å². The van der Waals surface area contributed by atoms with Crippen molar-refractivity contribution in [3.05, 3.63) is 95.8 Å². The van der Waals surface area contributed by atoms with Gasteiger partial charge in [-0.25, -0.2) is 4.79 Å². The van der Waals surface area contributed by atoms with Crippen LogP contribution in [0.25, 0.3) is 5.69 Å². The molecule has 178 valence electrons. The molecule has 0 bridgehead atoms. The number of rotatable bonds is 9. The predicted octanol–water partition coefficient (Wildman–Crippen LogP) is 5.39. The summed E-state index contributed by atoms with van der Waals surface area (Å²) < 4.78 is 6.72. The summed E-state index contributed by atoms with van der Waals surface area (Å²) in [6.07, 6.45) is 0. The number of hydrogen-bond donors (Lipinski definition) is 1. The van der Waals surface area contributed by atoms with E-state index in [1.807, 2.05) is 34.9 Å². The smallest absolute Gasteiger partial charge is 0.337 e. The molecule has 4 aromatic rings. The monoisotopic (exact) mass is 504 g/mol. The van der Waals surface area contributed by atoms with Crippen molar-refractivity contribution >= 4 is 41.1 Å². The SMILES string of the molecule is COC(=O)c1cccc(NC(=O)CSc2nnc(CSc3ccc(C)cc3)n2-c2ccccc2)c1. The topological polar surface area (TPSA) is 86.1 Å². The van der Waals surface area contributed by atoms with E-state index in [9.17, 15) is 9.59 Å². The number of methoxy groups -OCH3 is 1. The molecule has 1 N–H and O–H groups in total. The molecule has 0 atom stereocenters. The van der Waals surface area contributed by atoms with Crippen molar-refractivity contribution in [2.24, 2.45) is 0 Å². The van der Waals surface area contributed by atoms with E-state index in [2.05, 4.69) is 46.7 Å². The van der Waals surface area contributed by atoms with Gasteiger partial charge in [0.05, 0.1) is 24.2 Å². The molecule has 0 saturated carbocycles. The molecule has 0 fully saturated rings. The standard InChI is InChI=1S/C26H24N4O3S2/c1-18-11-13-22(14-12-18)34-16-23-28-29-26(30(23)21-9-4-3-5-10-21)35-17-24(31)27-20-8-6-7-19(15-20)25(32)33-2/h3-15H,16-17H2,1-2H3,(H,27,31). The predicted molar refractivity (Wildman–Crippen MR) is 139 cm³/mol. The maximum Gasteiger partial charge on any atom is 0.337 e. The second-order valence-corrected chi connectivity index (χ2v) is 9.57. The molecule has 7 nitrogen and oxygen atoms in total. The zero-order valence-corrected chi connectivity index (χ0v) is 20.9. The van der Waals surface area contributed by atoms with E-state index in [4.69, 9.17) is 4.74 Å². The molecule has 35 heavy (non-hydrogen) atoms. The van der Waals surface area contributed by atoms with Crippen LogP contribution in [0, 0.1) is 6.92 Å². The van der Waals surface area contributed by atoms with Gasteiger partial charge in [0.25, 0.3) is 0 Å². The Hall–Kier alpha value is -3.56. The summed E-state index contributed by atoms with van der Waals surface area (Å²) in [4.78, 5) is 25.5. The Kier molecular flexibility index (Phi) is 8.23. The van der Waals surface area contributed by atoms with Gasteiger partial charge in [0.1, 0.15) is 5.82 Å². The number of ether oxygens (including phenoxy) is 1. The Balaban J connectivity index is 1.46. The van der Waals surface area contributed by atoms with E-state index in [1.54, 1.807) is 36.0 Å². The van der Waals surface area contributed by atoms with Crippen LogP contribution in [0.1, 0.15) is 21.7 Å². The third kappa shape index (κ3) is 6.52. The minimum absolute atomic E-state index is 0.137. The number of aryl methyl sites for hydroxylation is 1. The van der Waals surface area contributed by atoms with Crippen molar-refractivity contribution in [1.29, 1.82) is 0 Å². The molecular weight excluding hydrogens is 480 g/mol. The van der Waals surface area contributed by atoms with Gasteiger partial charge < -0.3 is 10.1 Å². The molecule has 1 amide bonds. The molecule has 3 aromatic carbocycles. The third-order valence-electron chi connectivity index (χ3n) is 5.00. The van der Waals surface area contributed by atoms with Gasteiger partial charge >= 0.3 is 5.97 Å². The summed E-state index contributed by atoms with van der Waals surface area (Å²) in [5.74, 6) is 0.907. The van der Waals surface area contributed by atoms with Crippen molar-refractivity contribution < 1.29 is 14.3 Å². The van der Waals surface area contributed by atoms with Gasteiger partial charge in [0.2, 0.25) is 5.91 Å². The normalized spacial score (nSPS) is 10.7. The third-order valence-corrected chi connectivity index (χ3v) is 6.94. The van der Waals surface area contributed by atoms with Crippen LogP contribution < -0.4 is 5.32 Å². The van der Waals surface area contributed by atoms with Crippen molar-refractivity contribution in [3.8, 4) is 5.69 Å². The molecule has 0 spiro atoms. The van der Waals surface area contributed by atoms with Gasteiger partial charge in [0.15, 0.2) is 5.16 Å². The molecule has 0 aliphatic heterocycles. The molecule has 9 heteroatoms. The summed E-state index contributed by atoms with van der Waals surface area (Å²) in [7, 11) is 1.32. The lowest BCUT2D eigenvalue weighted by Gasteiger charge is -2.10. The Morgan fingerprint density at radius 3 is 2.46 bits per heavy atom. The summed E-state index contributed by atoms with van der Waals surface area (Å²) in [6, 6.07) is 24.9. The van der Waals surface area contributed by atoms with Gasteiger partial charge in [-0.3, -0.25) is 9.36 Å². The maximum atomic E-state index is 12.6. The first kappa shape index (κ1) is 24.6. The highest BCUT2D eigenvalue weighted by molar-refractivity contribution is 7.99. The molecule has 0 radical (unpaired) electrons. The maximum absolute atomic E-state index is 12.6. The number of amides is 1. The van der Waals surface area contributed by atoms with Crippen LogP contribution in [0.4, 0.5) is 5.69 Å². The van der Waals surface area contributed by atoms with Gasteiger partial charge in [-0.15, -0.1) is 22.0 Å². The van der Waals surface area contributed by atoms with Crippen LogP contribution in [-0.4, -0.2) is 39.5 Å². The van der Waals surface area contributed by atoms with Crippen LogP contribution in [-0.2, 0) is 15.3 Å². The average Bonchev–Trinajstić information content (AvgIpc) is 3.30. The lowest BCUT2D eigenvalue weighted by atomic mass is 10.2. The number of aromatic nitrogens is 3. The number of anilines is 1. The lowest BCUT2D eigenvalue weighted by Crippen LogP contribution is -2.15. The number of nitrogens with one attached hydrogen (secondary N) is 1. The second-order valence-electron chi connectivity index (χ2n) is 7.58. The minimum Gasteiger partial charge on any atom is -0.465 e. The molecule has 0 aliphatic rings. The summed E-state index contributed by atoms with van der Waals surface area (Å²) in [5.41, 5.74) is 3.05. The number of para-hydroxylation sites is 1. The first-order chi connectivity index (χ1) is 17.0. The number of hydrogen-bond acceptors (Lipinski definition) is 7. The Morgan fingerprint density at radius 1 is 0.943 bits per heavy atom. The molecule has 4 rings (SSSR count). The summed E-state index contributed by atoms with van der Waals surface area (Å²) in [5, 5.41) is 12.2. The molecular formula is C26H24N4O3S2. The summed E-state index contributed by atoms with van der Waals surface area (Å²) in [6.45, 7) is 2.07. The Bertz CT molecular complexity index is 1310. The van der Waals surface area contributed by atoms with Crippen LogP contribution >= 0.6 is 23.5 Å². The molecule has 0 unspecified atom stereocenters. The zero-order chi connectivity index (χ0) is 24.6. The number of carbonyl (C=O) groups is 2. The van der Waals surface area contributed by atoms with Crippen LogP contribution in [0.15, 0.2) is 88.9 Å². The largest absolute Gasteiger partial charge is 0.465 e. The highest BCUT2D eigenvalue weighted by Crippen LogP contribution is 2.27. The number of nitrogens with zero attached hydrogens (tertiary/aromatic N) is 3. The Morgan fingerprint density at radius 2 is 1.71 bits per heavy atom. The van der Waals surface area contributed by atoms with Crippen molar-refractivity contribution in [1.82, 2.24) is 14.8 Å². The quantitative estimate of drug-likeness (QED) is 0.242. The van der Waals surface area contributed by atoms with E-state index in [-0.39, 0.29) is 11.7 Å². The lowest BCUT2D eigenvalue weighted by molar-refractivity contribution is -0.113. The van der Waals surface area contributed by atoms with E-state index >= 15 is 0 Å². The summed E-state index contributed by atoms with van der Waals surface area (Å²) >= 11 is 2.99. The van der Waals surface area contributed by atoms with Crippen LogP contribution in [0.2, 0.25) is 0 Å². The molecule has 0 aliphatic carbocycles. The van der Waals surface area contributed by atoms with Gasteiger partial charge in [0, 0.05) is 16.3 Å². The van der Waals surface area contributed by atoms with Crippen LogP contribution in [0.5, 0.6) is 0 Å². The first-order valence-electron chi connectivity index (χ1n) is 10.8. The fourth-order valence-corrected chi connectivity index (χ4v) is 4.86. The number of thioether (sulfide) groups is 2. The van der Waals surface area contributed by atoms with Crippen molar-refractivity contribution in [2.75, 3.05) is 18.2 Å². The highest BCUT2D eigenvalue weighted by atomic mass is 32.2. The molecule has 1 aromatic heterocycles. The Labute approximate surface area is 212 Å². The number of benzene rings is 3. The van der Waals surface area contributed by atoms with E-state index in [0.717, 1.165) is 16.4 Å². The van der Waals surface area contributed by atoms with Crippen molar-refractivity contribution in [2.45, 2.75) is 22.7 Å². The minimum atomic E-state index is -0.456. The highest BCUT2D eigenvalue weighted by Gasteiger charge is 2.16. The molecule has 1 heterocycles.